The van der Waals surface area contributed by atoms with E-state index in [-0.39, 0.29) is 6.42 Å². The number of ketones is 1. The number of hydrogen-bond acceptors (Lipinski definition) is 7. The lowest BCUT2D eigenvalue weighted by Gasteiger charge is -2.10. The molecule has 21 heavy (non-hydrogen) atoms. The smallest absolute Gasteiger partial charge is 0.295 e. The standard InChI is InChI=1S/C12H15N4O5/c13-7-2-1-4-8(14)12(17)11-9(15(18)19)5-3-6-10(11)16(20)21/h3,5,8H,1-2,4,7,13-14H2/t8-/m0/s1. The number of hydrogen-bond donors (Lipinski definition) is 2. The molecular weight excluding hydrogens is 280 g/mol. The summed E-state index contributed by atoms with van der Waals surface area (Å²) < 4.78 is 0. The normalized spacial score (nSPS) is 11.9. The van der Waals surface area contributed by atoms with Crippen molar-refractivity contribution in [2.75, 3.05) is 6.54 Å². The molecule has 0 spiro atoms. The second-order valence-electron chi connectivity index (χ2n) is 4.36. The Morgan fingerprint density at radius 2 is 1.95 bits per heavy atom. The van der Waals surface area contributed by atoms with Gasteiger partial charge in [0.05, 0.1) is 22.0 Å². The van der Waals surface area contributed by atoms with Gasteiger partial charge >= 0.3 is 0 Å². The average molecular weight is 295 g/mol. The number of carbonyl (C=O) groups is 1. The van der Waals surface area contributed by atoms with Crippen LogP contribution in [0.5, 0.6) is 0 Å². The predicted octanol–water partition coefficient (Wildman–Crippen LogP) is 0.942. The van der Waals surface area contributed by atoms with Gasteiger partial charge in [-0.1, -0.05) is 6.42 Å². The third kappa shape index (κ3) is 4.04. The lowest BCUT2D eigenvalue weighted by Crippen LogP contribution is -2.31. The molecule has 1 aromatic rings. The zero-order valence-electron chi connectivity index (χ0n) is 11.2. The highest BCUT2D eigenvalue weighted by Gasteiger charge is 2.33. The van der Waals surface area contributed by atoms with Crippen molar-refractivity contribution in [1.29, 1.82) is 0 Å². The molecule has 0 fully saturated rings. The van der Waals surface area contributed by atoms with Gasteiger partial charge in [0.25, 0.3) is 11.4 Å². The van der Waals surface area contributed by atoms with Crippen LogP contribution < -0.4 is 11.5 Å². The highest BCUT2D eigenvalue weighted by molar-refractivity contribution is 6.06. The van der Waals surface area contributed by atoms with Crippen LogP contribution in [0.4, 0.5) is 11.4 Å². The van der Waals surface area contributed by atoms with E-state index < -0.39 is 38.6 Å². The van der Waals surface area contributed by atoms with E-state index in [1.165, 1.54) is 0 Å². The van der Waals surface area contributed by atoms with Gasteiger partial charge in [-0.15, -0.1) is 0 Å². The van der Waals surface area contributed by atoms with E-state index in [0.717, 1.165) is 12.1 Å². The molecule has 0 aliphatic heterocycles. The van der Waals surface area contributed by atoms with Gasteiger partial charge in [0.2, 0.25) is 0 Å². The summed E-state index contributed by atoms with van der Waals surface area (Å²) in [6.45, 7) is 0.431. The average Bonchev–Trinajstić information content (AvgIpc) is 2.45. The second kappa shape index (κ2) is 7.41. The molecule has 1 atom stereocenters. The van der Waals surface area contributed by atoms with E-state index in [0.29, 0.717) is 19.4 Å². The van der Waals surface area contributed by atoms with Crippen molar-refractivity contribution >= 4 is 17.2 Å². The number of nitrogens with zero attached hydrogens (tertiary/aromatic N) is 2. The number of carbonyl (C=O) groups excluding carboxylic acids is 1. The number of Topliss-reactive ketones (excluding diaryl/α,β-unsaturated/α-hetero) is 1. The van der Waals surface area contributed by atoms with E-state index in [1.807, 2.05) is 0 Å². The molecule has 9 heteroatoms. The van der Waals surface area contributed by atoms with Crippen molar-refractivity contribution in [2.24, 2.45) is 11.5 Å². The first-order valence-corrected chi connectivity index (χ1v) is 6.23. The molecule has 0 aliphatic carbocycles. The van der Waals surface area contributed by atoms with Crippen LogP contribution >= 0.6 is 0 Å². The summed E-state index contributed by atoms with van der Waals surface area (Å²) in [4.78, 5) is 32.3. The topological polar surface area (TPSA) is 155 Å². The Hall–Kier alpha value is -2.39. The molecule has 0 saturated carbocycles. The molecule has 0 amide bonds. The van der Waals surface area contributed by atoms with Gasteiger partial charge in [0.15, 0.2) is 11.3 Å². The van der Waals surface area contributed by atoms with Crippen molar-refractivity contribution < 1.29 is 14.6 Å². The van der Waals surface area contributed by atoms with E-state index in [4.69, 9.17) is 11.5 Å². The maximum Gasteiger partial charge on any atom is 0.295 e. The minimum atomic E-state index is -1.05. The Bertz CT molecular complexity index is 528. The lowest BCUT2D eigenvalue weighted by molar-refractivity contribution is -0.394. The van der Waals surface area contributed by atoms with E-state index >= 15 is 0 Å². The van der Waals surface area contributed by atoms with Crippen LogP contribution in [0.2, 0.25) is 0 Å². The quantitative estimate of drug-likeness (QED) is 0.313. The minimum absolute atomic E-state index is 0.249. The van der Waals surface area contributed by atoms with Crippen LogP contribution in [0.15, 0.2) is 12.1 Å². The maximum atomic E-state index is 12.2. The first-order valence-electron chi connectivity index (χ1n) is 6.23. The van der Waals surface area contributed by atoms with Crippen LogP contribution in [0, 0.1) is 26.3 Å². The molecule has 1 radical (unpaired) electrons. The number of nitro benzene ring substituents is 2. The molecule has 0 unspecified atom stereocenters. The fraction of sp³-hybridized carbons (Fsp3) is 0.417. The van der Waals surface area contributed by atoms with Gasteiger partial charge < -0.3 is 11.5 Å². The fourth-order valence-electron chi connectivity index (χ4n) is 1.84. The van der Waals surface area contributed by atoms with Crippen LogP contribution in [-0.2, 0) is 0 Å². The first kappa shape index (κ1) is 16.7. The zero-order chi connectivity index (χ0) is 16.0. The summed E-state index contributed by atoms with van der Waals surface area (Å²) in [6.07, 6.45) is 1.45. The van der Waals surface area contributed by atoms with E-state index in [9.17, 15) is 25.0 Å². The molecule has 0 saturated heterocycles. The largest absolute Gasteiger partial charge is 0.330 e. The summed E-state index contributed by atoms with van der Waals surface area (Å²) in [7, 11) is 0. The van der Waals surface area contributed by atoms with Gasteiger partial charge in [-0.3, -0.25) is 25.0 Å². The Labute approximate surface area is 120 Å². The molecule has 0 aromatic heterocycles. The van der Waals surface area contributed by atoms with Crippen LogP contribution in [0.1, 0.15) is 29.6 Å². The van der Waals surface area contributed by atoms with Crippen molar-refractivity contribution in [3.8, 4) is 0 Å². The van der Waals surface area contributed by atoms with Gasteiger partial charge in [-0.25, -0.2) is 0 Å². The van der Waals surface area contributed by atoms with Crippen molar-refractivity contribution in [3.63, 3.8) is 0 Å². The molecule has 0 bridgehead atoms. The third-order valence-electron chi connectivity index (χ3n) is 2.89. The van der Waals surface area contributed by atoms with Gasteiger partial charge in [0.1, 0.15) is 0 Å². The Kier molecular flexibility index (Phi) is 5.88. The first-order chi connectivity index (χ1) is 9.90. The van der Waals surface area contributed by atoms with Crippen LogP contribution in [-0.4, -0.2) is 28.2 Å². The highest BCUT2D eigenvalue weighted by Crippen LogP contribution is 2.29. The Morgan fingerprint density at radius 1 is 1.29 bits per heavy atom. The number of rotatable bonds is 8. The number of nitrogens with two attached hydrogens (primary N) is 2. The fourth-order valence-corrected chi connectivity index (χ4v) is 1.84. The summed E-state index contributed by atoms with van der Waals surface area (Å²) in [5.41, 5.74) is 9.02. The molecule has 0 heterocycles. The van der Waals surface area contributed by atoms with E-state index in [2.05, 4.69) is 6.07 Å². The molecule has 4 N–H and O–H groups in total. The van der Waals surface area contributed by atoms with Gasteiger partial charge in [0, 0.05) is 6.07 Å². The molecule has 113 valence electrons. The number of benzene rings is 1. The number of nitro groups is 2. The summed E-state index contributed by atoms with van der Waals surface area (Å²) in [5.74, 6) is -0.831. The minimum Gasteiger partial charge on any atom is -0.330 e. The zero-order valence-corrected chi connectivity index (χ0v) is 11.2. The lowest BCUT2D eigenvalue weighted by atomic mass is 9.97. The van der Waals surface area contributed by atoms with Crippen molar-refractivity contribution in [1.82, 2.24) is 0 Å². The van der Waals surface area contributed by atoms with Gasteiger partial charge in [-0.05, 0) is 25.5 Å². The molecule has 9 nitrogen and oxygen atoms in total. The SMILES string of the molecule is NCCCC[C@H](N)C(=O)c1c([N+](=O)[O-])[c]ccc1[N+](=O)[O-]. The predicted molar refractivity (Wildman–Crippen MR) is 73.8 cm³/mol. The van der Waals surface area contributed by atoms with Crippen LogP contribution in [0.25, 0.3) is 0 Å². The number of unbranched alkanes of at least 4 members (excludes halogenated alkanes) is 1. The van der Waals surface area contributed by atoms with Gasteiger partial charge in [-0.2, -0.15) is 0 Å². The molecule has 0 aliphatic rings. The van der Waals surface area contributed by atoms with Crippen molar-refractivity contribution in [3.05, 3.63) is 44.0 Å². The van der Waals surface area contributed by atoms with E-state index in [1.54, 1.807) is 0 Å². The summed E-state index contributed by atoms with van der Waals surface area (Å²) in [5, 5.41) is 21.9. The van der Waals surface area contributed by atoms with Crippen LogP contribution in [0.3, 0.4) is 0 Å². The maximum absolute atomic E-state index is 12.2. The summed E-state index contributed by atoms with van der Waals surface area (Å²) in [6, 6.07) is 3.21. The summed E-state index contributed by atoms with van der Waals surface area (Å²) >= 11 is 0. The molecule has 1 rings (SSSR count). The van der Waals surface area contributed by atoms with Crippen molar-refractivity contribution in [2.45, 2.75) is 25.3 Å². The molecular formula is C12H15N4O5. The third-order valence-corrected chi connectivity index (χ3v) is 2.89. The Balaban J connectivity index is 3.17. The monoisotopic (exact) mass is 295 g/mol. The second-order valence-corrected chi connectivity index (χ2v) is 4.36. The Morgan fingerprint density at radius 3 is 2.48 bits per heavy atom. The molecule has 1 aromatic carbocycles. The highest BCUT2D eigenvalue weighted by atomic mass is 16.6.